The van der Waals surface area contributed by atoms with Gasteiger partial charge < -0.3 is 0 Å². The van der Waals surface area contributed by atoms with Crippen LogP contribution in [0.3, 0.4) is 0 Å². The zero-order chi connectivity index (χ0) is 14.7. The van der Waals surface area contributed by atoms with Crippen molar-refractivity contribution < 1.29 is 9.18 Å². The highest BCUT2D eigenvalue weighted by molar-refractivity contribution is 8.13. The van der Waals surface area contributed by atoms with Crippen LogP contribution in [0.5, 0.6) is 0 Å². The molecule has 104 valence electrons. The fourth-order valence-corrected chi connectivity index (χ4v) is 3.42. The van der Waals surface area contributed by atoms with Gasteiger partial charge in [0.05, 0.1) is 21.2 Å². The molecule has 7 heteroatoms. The summed E-state index contributed by atoms with van der Waals surface area (Å²) in [4.78, 5) is 16.0. The Morgan fingerprint density at radius 1 is 1.30 bits per heavy atom. The third-order valence-corrected chi connectivity index (χ3v) is 4.60. The second-order valence-electron chi connectivity index (χ2n) is 3.66. The van der Waals surface area contributed by atoms with E-state index in [9.17, 15) is 9.18 Å². The molecule has 2 rings (SSSR count). The summed E-state index contributed by atoms with van der Waals surface area (Å²) in [6, 6.07) is 4.32. The van der Waals surface area contributed by atoms with Gasteiger partial charge in [0.15, 0.2) is 0 Å². The molecule has 0 radical (unpaired) electrons. The van der Waals surface area contributed by atoms with Crippen molar-refractivity contribution in [1.29, 1.82) is 0 Å². The first-order valence-electron chi connectivity index (χ1n) is 5.37. The molecule has 1 heterocycles. The number of carbonyl (C=O) groups is 1. The molecule has 0 aliphatic carbocycles. The number of amides is 1. The number of hydrogen-bond donors (Lipinski definition) is 0. The van der Waals surface area contributed by atoms with E-state index in [0.29, 0.717) is 10.6 Å². The van der Waals surface area contributed by atoms with Crippen molar-refractivity contribution >= 4 is 57.3 Å². The minimum absolute atomic E-state index is 0.126. The maximum Gasteiger partial charge on any atom is 0.280 e. The average Bonchev–Trinajstić information content (AvgIpc) is 2.83. The Bertz CT molecular complexity index is 665. The van der Waals surface area contributed by atoms with Crippen LogP contribution >= 0.6 is 46.3 Å². The van der Waals surface area contributed by atoms with Crippen LogP contribution in [-0.4, -0.2) is 17.2 Å². The van der Waals surface area contributed by atoms with Crippen molar-refractivity contribution in [3.63, 3.8) is 0 Å². The third kappa shape index (κ3) is 3.23. The fourth-order valence-electron chi connectivity index (χ4n) is 1.49. The highest BCUT2D eigenvalue weighted by Crippen LogP contribution is 2.26. The zero-order valence-corrected chi connectivity index (χ0v) is 13.3. The number of halogens is 3. The maximum atomic E-state index is 13.8. The molecule has 1 aromatic carbocycles. The zero-order valence-electron chi connectivity index (χ0n) is 10.2. The number of nitrogens with zero attached hydrogens (tertiary/aromatic N) is 1. The van der Waals surface area contributed by atoms with Crippen molar-refractivity contribution in [2.24, 2.45) is 4.99 Å². The highest BCUT2D eigenvalue weighted by Gasteiger charge is 2.17. The third-order valence-electron chi connectivity index (χ3n) is 2.42. The topological polar surface area (TPSA) is 29.4 Å². The molecule has 0 saturated carbocycles. The average molecular weight is 348 g/mol. The van der Waals surface area contributed by atoms with E-state index in [1.54, 1.807) is 23.1 Å². The van der Waals surface area contributed by atoms with Gasteiger partial charge in [-0.25, -0.2) is 9.38 Å². The van der Waals surface area contributed by atoms with Crippen LogP contribution in [0, 0.1) is 5.82 Å². The molecule has 1 aromatic heterocycles. The van der Waals surface area contributed by atoms with E-state index in [0.717, 1.165) is 11.8 Å². The van der Waals surface area contributed by atoms with Gasteiger partial charge in [0.1, 0.15) is 10.9 Å². The fraction of sp³-hybridized carbons (Fsp3) is 0.0769. The normalized spacial score (nSPS) is 11.7. The van der Waals surface area contributed by atoms with Gasteiger partial charge in [-0.1, -0.05) is 29.3 Å². The van der Waals surface area contributed by atoms with Gasteiger partial charge in [-0.2, -0.15) is 0 Å². The van der Waals surface area contributed by atoms with Gasteiger partial charge in [0, 0.05) is 10.8 Å². The largest absolute Gasteiger partial charge is 0.280 e. The standard InChI is InChI=1S/C13H8Cl2FNOS2/c1-19-13(11-8(14)3-2-4-10(11)16)17-12(18)7-5-20-6-9(7)15/h2-6H,1H3. The molecule has 0 N–H and O–H groups in total. The molecule has 2 nitrogen and oxygen atoms in total. The molecule has 0 fully saturated rings. The predicted molar refractivity (Wildman–Crippen MR) is 85.1 cm³/mol. The molecule has 2 aromatic rings. The Labute approximate surface area is 133 Å². The van der Waals surface area contributed by atoms with E-state index in [1.165, 1.54) is 23.5 Å². The van der Waals surface area contributed by atoms with Crippen molar-refractivity contribution in [3.8, 4) is 0 Å². The Balaban J connectivity index is 2.45. The molecule has 0 aliphatic heterocycles. The van der Waals surface area contributed by atoms with Gasteiger partial charge in [0.25, 0.3) is 5.91 Å². The molecule has 0 unspecified atom stereocenters. The van der Waals surface area contributed by atoms with E-state index >= 15 is 0 Å². The van der Waals surface area contributed by atoms with Crippen molar-refractivity contribution in [2.45, 2.75) is 0 Å². The number of thiophene rings is 1. The summed E-state index contributed by atoms with van der Waals surface area (Å²) in [6.45, 7) is 0. The van der Waals surface area contributed by atoms with Crippen molar-refractivity contribution in [1.82, 2.24) is 0 Å². The quantitative estimate of drug-likeness (QED) is 0.555. The first kappa shape index (κ1) is 15.5. The van der Waals surface area contributed by atoms with E-state index in [4.69, 9.17) is 23.2 Å². The van der Waals surface area contributed by atoms with Crippen LogP contribution in [0.4, 0.5) is 4.39 Å². The molecule has 0 saturated heterocycles. The van der Waals surface area contributed by atoms with Crippen LogP contribution in [0.15, 0.2) is 34.0 Å². The predicted octanol–water partition coefficient (Wildman–Crippen LogP) is 5.14. The lowest BCUT2D eigenvalue weighted by atomic mass is 10.2. The van der Waals surface area contributed by atoms with E-state index in [-0.39, 0.29) is 15.6 Å². The highest BCUT2D eigenvalue weighted by atomic mass is 35.5. The Kier molecular flexibility index (Phi) is 5.21. The second-order valence-corrected chi connectivity index (χ2v) is 6.01. The molecule has 0 aliphatic rings. The summed E-state index contributed by atoms with van der Waals surface area (Å²) in [5.74, 6) is -1.03. The number of carbonyl (C=O) groups excluding carboxylic acids is 1. The molecule has 0 spiro atoms. The minimum Gasteiger partial charge on any atom is -0.267 e. The molecule has 0 bridgehead atoms. The summed E-state index contributed by atoms with van der Waals surface area (Å²) in [7, 11) is 0. The number of aliphatic imine (C=N–C) groups is 1. The molecule has 20 heavy (non-hydrogen) atoms. The molecule has 0 atom stereocenters. The summed E-state index contributed by atoms with van der Waals surface area (Å²) < 4.78 is 13.8. The summed E-state index contributed by atoms with van der Waals surface area (Å²) in [5.41, 5.74) is 0.428. The van der Waals surface area contributed by atoms with E-state index in [2.05, 4.69) is 4.99 Å². The van der Waals surface area contributed by atoms with Crippen molar-refractivity contribution in [3.05, 3.63) is 55.9 Å². The monoisotopic (exact) mass is 347 g/mol. The SMILES string of the molecule is CSC(=NC(=O)c1cscc1Cl)c1c(F)cccc1Cl. The van der Waals surface area contributed by atoms with Gasteiger partial charge in [-0.05, 0) is 18.4 Å². The second kappa shape index (κ2) is 6.72. The summed E-state index contributed by atoms with van der Waals surface area (Å²) in [5, 5.41) is 4.01. The van der Waals surface area contributed by atoms with Crippen molar-refractivity contribution in [2.75, 3.05) is 6.26 Å². The lowest BCUT2D eigenvalue weighted by molar-refractivity contribution is 0.100. The lowest BCUT2D eigenvalue weighted by Crippen LogP contribution is -2.05. The Morgan fingerprint density at radius 2 is 2.05 bits per heavy atom. The van der Waals surface area contributed by atoms with E-state index in [1.807, 2.05) is 0 Å². The van der Waals surface area contributed by atoms with Crippen LogP contribution in [0.2, 0.25) is 10.0 Å². The van der Waals surface area contributed by atoms with E-state index < -0.39 is 11.7 Å². The van der Waals surface area contributed by atoms with Gasteiger partial charge in [0.2, 0.25) is 0 Å². The van der Waals surface area contributed by atoms with Crippen LogP contribution in [0.1, 0.15) is 15.9 Å². The smallest absolute Gasteiger partial charge is 0.267 e. The molecular weight excluding hydrogens is 340 g/mol. The first-order chi connectivity index (χ1) is 9.54. The Morgan fingerprint density at radius 3 is 2.60 bits per heavy atom. The van der Waals surface area contributed by atoms with Crippen LogP contribution in [-0.2, 0) is 0 Å². The van der Waals surface area contributed by atoms with Crippen LogP contribution < -0.4 is 0 Å². The minimum atomic E-state index is -0.519. The Hall–Kier alpha value is -0.880. The van der Waals surface area contributed by atoms with Gasteiger partial charge >= 0.3 is 0 Å². The summed E-state index contributed by atoms with van der Waals surface area (Å²) >= 11 is 14.3. The summed E-state index contributed by atoms with van der Waals surface area (Å²) in [6.07, 6.45) is 1.70. The maximum absolute atomic E-state index is 13.8. The number of hydrogen-bond acceptors (Lipinski definition) is 3. The van der Waals surface area contributed by atoms with Gasteiger partial charge in [-0.3, -0.25) is 4.79 Å². The van der Waals surface area contributed by atoms with Crippen LogP contribution in [0.25, 0.3) is 0 Å². The van der Waals surface area contributed by atoms with Gasteiger partial charge in [-0.15, -0.1) is 23.1 Å². The lowest BCUT2D eigenvalue weighted by Gasteiger charge is -2.06. The molecule has 1 amide bonds. The first-order valence-corrected chi connectivity index (χ1v) is 8.30. The molecular formula is C13H8Cl2FNOS2. The number of thioether (sulfide) groups is 1. The number of rotatable bonds is 2. The number of benzene rings is 1.